The number of carboxylic acid groups (broad SMARTS) is 1. The maximum absolute atomic E-state index is 11.0. The lowest BCUT2D eigenvalue weighted by Gasteiger charge is -2.15. The minimum absolute atomic E-state index is 0.141. The van der Waals surface area contributed by atoms with Crippen LogP contribution in [0.3, 0.4) is 0 Å². The van der Waals surface area contributed by atoms with Crippen LogP contribution >= 0.6 is 0 Å². The monoisotopic (exact) mass is 187 g/mol. The molecule has 1 saturated heterocycles. The van der Waals surface area contributed by atoms with Crippen LogP contribution in [0, 0.1) is 0 Å². The molecule has 0 aromatic heterocycles. The zero-order chi connectivity index (χ0) is 9.84. The lowest BCUT2D eigenvalue weighted by atomic mass is 10.2. The molecule has 0 aliphatic carbocycles. The number of hydrogen-bond donors (Lipinski definition) is 3. The Bertz CT molecular complexity index is 219. The van der Waals surface area contributed by atoms with Gasteiger partial charge >= 0.3 is 12.0 Å². The summed E-state index contributed by atoms with van der Waals surface area (Å²) in [6.07, 6.45) is 0.294. The van der Waals surface area contributed by atoms with Crippen molar-refractivity contribution >= 4 is 12.0 Å². The minimum Gasteiger partial charge on any atom is -0.480 e. The van der Waals surface area contributed by atoms with E-state index in [1.54, 1.807) is 4.90 Å². The minimum atomic E-state index is -1.03. The van der Waals surface area contributed by atoms with Crippen molar-refractivity contribution in [1.29, 1.82) is 0 Å². The summed E-state index contributed by atoms with van der Waals surface area (Å²) in [5, 5.41) is 11.1. The highest BCUT2D eigenvalue weighted by Gasteiger charge is 2.21. The van der Waals surface area contributed by atoms with Crippen molar-refractivity contribution in [2.45, 2.75) is 12.5 Å². The first kappa shape index (κ1) is 9.79. The molecule has 0 radical (unpaired) electrons. The maximum Gasteiger partial charge on any atom is 0.320 e. The highest BCUT2D eigenvalue weighted by Crippen LogP contribution is 1.99. The number of carbonyl (C=O) groups excluding carboxylic acids is 1. The number of carboxylic acids is 1. The largest absolute Gasteiger partial charge is 0.480 e. The van der Waals surface area contributed by atoms with Crippen LogP contribution in [0.4, 0.5) is 4.79 Å². The van der Waals surface area contributed by atoms with Crippen molar-refractivity contribution in [2.75, 3.05) is 19.6 Å². The molecule has 0 spiro atoms. The molecular formula is C7H13N3O3. The zero-order valence-electron chi connectivity index (χ0n) is 7.19. The summed E-state index contributed by atoms with van der Waals surface area (Å²) in [4.78, 5) is 22.9. The number of aliphatic carboxylic acids is 1. The van der Waals surface area contributed by atoms with E-state index in [1.165, 1.54) is 0 Å². The fourth-order valence-electron chi connectivity index (χ4n) is 1.14. The Morgan fingerprint density at radius 3 is 2.92 bits per heavy atom. The normalized spacial score (nSPS) is 18.5. The van der Waals surface area contributed by atoms with Crippen molar-refractivity contribution in [1.82, 2.24) is 10.2 Å². The van der Waals surface area contributed by atoms with Crippen LogP contribution < -0.4 is 11.1 Å². The SMILES string of the molecule is NC(CCN1CCNC1=O)C(=O)O. The molecule has 6 nitrogen and oxygen atoms in total. The average Bonchev–Trinajstić information content (AvgIpc) is 2.47. The molecule has 74 valence electrons. The third-order valence-corrected chi connectivity index (χ3v) is 1.97. The molecule has 4 N–H and O–H groups in total. The van der Waals surface area contributed by atoms with Crippen LogP contribution in [0.15, 0.2) is 0 Å². The lowest BCUT2D eigenvalue weighted by molar-refractivity contribution is -0.138. The van der Waals surface area contributed by atoms with Gasteiger partial charge in [0.1, 0.15) is 6.04 Å². The highest BCUT2D eigenvalue weighted by molar-refractivity contribution is 5.76. The first-order chi connectivity index (χ1) is 6.11. The van der Waals surface area contributed by atoms with Gasteiger partial charge in [0.05, 0.1) is 0 Å². The molecule has 6 heteroatoms. The molecule has 2 amide bonds. The highest BCUT2D eigenvalue weighted by atomic mass is 16.4. The number of nitrogens with one attached hydrogen (secondary N) is 1. The molecule has 13 heavy (non-hydrogen) atoms. The Kier molecular flexibility index (Phi) is 3.07. The lowest BCUT2D eigenvalue weighted by Crippen LogP contribution is -2.36. The number of hydrogen-bond acceptors (Lipinski definition) is 3. The third-order valence-electron chi connectivity index (χ3n) is 1.97. The molecule has 1 aliphatic heterocycles. The van der Waals surface area contributed by atoms with E-state index in [-0.39, 0.29) is 6.03 Å². The van der Waals surface area contributed by atoms with Crippen molar-refractivity contribution in [3.05, 3.63) is 0 Å². The van der Waals surface area contributed by atoms with Gasteiger partial charge in [-0.05, 0) is 6.42 Å². The average molecular weight is 187 g/mol. The summed E-state index contributed by atoms with van der Waals surface area (Å²) in [6, 6.07) is -1.02. The summed E-state index contributed by atoms with van der Waals surface area (Å²) in [5.41, 5.74) is 5.28. The summed E-state index contributed by atoms with van der Waals surface area (Å²) < 4.78 is 0. The predicted octanol–water partition coefficient (Wildman–Crippen LogP) is -1.19. The standard InChI is InChI=1S/C7H13N3O3/c8-5(6(11)12)1-3-10-4-2-9-7(10)13/h5H,1-4,8H2,(H,9,13)(H,11,12). The molecule has 1 rings (SSSR count). The van der Waals surface area contributed by atoms with Crippen molar-refractivity contribution in [2.24, 2.45) is 5.73 Å². The van der Waals surface area contributed by atoms with Crippen LogP contribution in [-0.4, -0.2) is 47.7 Å². The number of nitrogens with two attached hydrogens (primary N) is 1. The predicted molar refractivity (Wildman–Crippen MR) is 45.2 cm³/mol. The van der Waals surface area contributed by atoms with Gasteiger partial charge in [-0.25, -0.2) is 4.79 Å². The van der Waals surface area contributed by atoms with Gasteiger partial charge in [-0.15, -0.1) is 0 Å². The first-order valence-electron chi connectivity index (χ1n) is 4.12. The second-order valence-corrected chi connectivity index (χ2v) is 2.95. The van der Waals surface area contributed by atoms with Crippen molar-refractivity contribution in [3.8, 4) is 0 Å². The van der Waals surface area contributed by atoms with Crippen molar-refractivity contribution in [3.63, 3.8) is 0 Å². The summed E-state index contributed by atoms with van der Waals surface area (Å²) >= 11 is 0. The Morgan fingerprint density at radius 1 is 1.77 bits per heavy atom. The molecule has 0 bridgehead atoms. The molecule has 1 aliphatic rings. The van der Waals surface area contributed by atoms with Gasteiger partial charge in [-0.3, -0.25) is 4.79 Å². The van der Waals surface area contributed by atoms with E-state index in [4.69, 9.17) is 10.8 Å². The van der Waals surface area contributed by atoms with E-state index in [0.29, 0.717) is 26.1 Å². The Labute approximate surface area is 75.7 Å². The molecule has 1 fully saturated rings. The molecule has 1 unspecified atom stereocenters. The second kappa shape index (κ2) is 4.08. The molecule has 1 atom stereocenters. The first-order valence-corrected chi connectivity index (χ1v) is 4.12. The van der Waals surface area contributed by atoms with Gasteiger partial charge in [0.2, 0.25) is 0 Å². The number of carbonyl (C=O) groups is 2. The topological polar surface area (TPSA) is 95.7 Å². The van der Waals surface area contributed by atoms with E-state index < -0.39 is 12.0 Å². The van der Waals surface area contributed by atoms with Crippen LogP contribution in [0.1, 0.15) is 6.42 Å². The second-order valence-electron chi connectivity index (χ2n) is 2.95. The van der Waals surface area contributed by atoms with E-state index >= 15 is 0 Å². The molecule has 0 aromatic carbocycles. The third kappa shape index (κ3) is 2.59. The van der Waals surface area contributed by atoms with E-state index in [9.17, 15) is 9.59 Å². The van der Waals surface area contributed by atoms with Gasteiger partial charge < -0.3 is 21.1 Å². The molecule has 0 aromatic rings. The number of nitrogens with zero attached hydrogens (tertiary/aromatic N) is 1. The van der Waals surface area contributed by atoms with Gasteiger partial charge in [0, 0.05) is 19.6 Å². The van der Waals surface area contributed by atoms with E-state index in [2.05, 4.69) is 5.32 Å². The van der Waals surface area contributed by atoms with E-state index in [0.717, 1.165) is 0 Å². The Hall–Kier alpha value is -1.30. The zero-order valence-corrected chi connectivity index (χ0v) is 7.19. The molecule has 0 saturated carbocycles. The maximum atomic E-state index is 11.0. The van der Waals surface area contributed by atoms with Crippen LogP contribution in [-0.2, 0) is 4.79 Å². The van der Waals surface area contributed by atoms with Gasteiger partial charge in [0.25, 0.3) is 0 Å². The summed E-state index contributed by atoms with van der Waals surface area (Å²) in [7, 11) is 0. The smallest absolute Gasteiger partial charge is 0.320 e. The summed E-state index contributed by atoms with van der Waals surface area (Å²) in [5.74, 6) is -1.03. The van der Waals surface area contributed by atoms with Crippen LogP contribution in [0.2, 0.25) is 0 Å². The van der Waals surface area contributed by atoms with Gasteiger partial charge in [-0.2, -0.15) is 0 Å². The van der Waals surface area contributed by atoms with Crippen molar-refractivity contribution < 1.29 is 14.7 Å². The fraction of sp³-hybridized carbons (Fsp3) is 0.714. The number of amides is 2. The van der Waals surface area contributed by atoms with Crippen LogP contribution in [0.25, 0.3) is 0 Å². The van der Waals surface area contributed by atoms with E-state index in [1.807, 2.05) is 0 Å². The quantitative estimate of drug-likeness (QED) is 0.516. The van der Waals surface area contributed by atoms with Crippen LogP contribution in [0.5, 0.6) is 0 Å². The number of rotatable bonds is 4. The Morgan fingerprint density at radius 2 is 2.46 bits per heavy atom. The van der Waals surface area contributed by atoms with Gasteiger partial charge in [-0.1, -0.05) is 0 Å². The van der Waals surface area contributed by atoms with Gasteiger partial charge in [0.15, 0.2) is 0 Å². The molecular weight excluding hydrogens is 174 g/mol. The summed E-state index contributed by atoms with van der Waals surface area (Å²) in [6.45, 7) is 1.66. The number of urea groups is 1. The fourth-order valence-corrected chi connectivity index (χ4v) is 1.14. The Balaban J connectivity index is 2.25. The molecule has 1 heterocycles.